The largest absolute Gasteiger partial charge is 0.366 e. The van der Waals surface area contributed by atoms with Crippen LogP contribution in [0, 0.1) is 0 Å². The Kier molecular flexibility index (Phi) is 3.93. The molecule has 3 aromatic rings. The third-order valence-corrected chi connectivity index (χ3v) is 5.29. The molecule has 3 aromatic heterocycles. The molecule has 1 unspecified atom stereocenters. The van der Waals surface area contributed by atoms with Crippen molar-refractivity contribution in [2.45, 2.75) is 32.2 Å². The maximum absolute atomic E-state index is 12.2. The summed E-state index contributed by atoms with van der Waals surface area (Å²) in [5.74, 6) is 0.166. The number of pyridine rings is 1. The van der Waals surface area contributed by atoms with Gasteiger partial charge in [0.05, 0.1) is 10.6 Å². The van der Waals surface area contributed by atoms with Gasteiger partial charge in [-0.2, -0.15) is 4.98 Å². The first-order valence-corrected chi connectivity index (χ1v) is 9.07. The fourth-order valence-corrected chi connectivity index (χ4v) is 3.82. The number of aromatic nitrogens is 3. The molecule has 6 nitrogen and oxygen atoms in total. The summed E-state index contributed by atoms with van der Waals surface area (Å²) in [6.07, 6.45) is 5.52. The highest BCUT2D eigenvalue weighted by atomic mass is 32.1. The molecule has 0 aromatic carbocycles. The minimum atomic E-state index is -0.172. The summed E-state index contributed by atoms with van der Waals surface area (Å²) in [5.41, 5.74) is 1.86. The van der Waals surface area contributed by atoms with E-state index >= 15 is 0 Å². The number of piperidine rings is 1. The molecule has 1 amide bonds. The number of fused-ring (bicyclic) bond motifs is 1. The van der Waals surface area contributed by atoms with E-state index in [1.54, 1.807) is 10.6 Å². The van der Waals surface area contributed by atoms with Crippen LogP contribution < -0.4 is 10.2 Å². The highest BCUT2D eigenvalue weighted by molar-refractivity contribution is 7.12. The summed E-state index contributed by atoms with van der Waals surface area (Å²) in [6, 6.07) is 8.19. The van der Waals surface area contributed by atoms with Crippen LogP contribution in [0.2, 0.25) is 0 Å². The molecule has 1 atom stereocenters. The molecule has 124 valence electrons. The first-order valence-electron chi connectivity index (χ1n) is 8.19. The van der Waals surface area contributed by atoms with Crippen molar-refractivity contribution < 1.29 is 4.79 Å². The zero-order chi connectivity index (χ0) is 16.5. The minimum Gasteiger partial charge on any atom is -0.366 e. The lowest BCUT2D eigenvalue weighted by atomic mass is 10.0. The van der Waals surface area contributed by atoms with Gasteiger partial charge >= 0.3 is 0 Å². The van der Waals surface area contributed by atoms with Crippen LogP contribution in [0.15, 0.2) is 35.8 Å². The van der Waals surface area contributed by atoms with Gasteiger partial charge in [0.2, 0.25) is 5.95 Å². The lowest BCUT2D eigenvalue weighted by molar-refractivity contribution is 0.102. The van der Waals surface area contributed by atoms with E-state index in [1.165, 1.54) is 30.6 Å². The van der Waals surface area contributed by atoms with E-state index in [0.29, 0.717) is 16.9 Å². The summed E-state index contributed by atoms with van der Waals surface area (Å²) < 4.78 is 1.74. The van der Waals surface area contributed by atoms with E-state index in [4.69, 9.17) is 0 Å². The van der Waals surface area contributed by atoms with E-state index < -0.39 is 0 Å². The summed E-state index contributed by atoms with van der Waals surface area (Å²) in [4.78, 5) is 19.8. The molecule has 0 spiro atoms. The predicted molar refractivity (Wildman–Crippen MR) is 95.9 cm³/mol. The molecular formula is C17H19N5OS. The molecule has 0 aliphatic carbocycles. The van der Waals surface area contributed by atoms with Gasteiger partial charge in [0.1, 0.15) is 0 Å². The molecule has 7 heteroatoms. The van der Waals surface area contributed by atoms with Gasteiger partial charge in [-0.05, 0) is 49.8 Å². The molecule has 0 radical (unpaired) electrons. The first-order chi connectivity index (χ1) is 11.7. The van der Waals surface area contributed by atoms with Crippen molar-refractivity contribution in [1.29, 1.82) is 0 Å². The van der Waals surface area contributed by atoms with Gasteiger partial charge < -0.3 is 4.90 Å². The van der Waals surface area contributed by atoms with E-state index in [1.807, 2.05) is 23.7 Å². The molecule has 0 bridgehead atoms. The molecule has 1 fully saturated rings. The third-order valence-electron chi connectivity index (χ3n) is 4.42. The number of anilines is 2. The van der Waals surface area contributed by atoms with Gasteiger partial charge in [-0.25, -0.2) is 4.52 Å². The van der Waals surface area contributed by atoms with Gasteiger partial charge in [0, 0.05) is 18.8 Å². The van der Waals surface area contributed by atoms with Gasteiger partial charge in [-0.15, -0.1) is 16.4 Å². The van der Waals surface area contributed by atoms with Crippen molar-refractivity contribution in [3.8, 4) is 0 Å². The number of rotatable bonds is 3. The van der Waals surface area contributed by atoms with Crippen LogP contribution >= 0.6 is 11.3 Å². The standard InChI is InChI=1S/C17H19N5OS/c1-12-6-2-3-9-21(12)13-7-4-10-22-15(13)18-17(20-22)19-16(23)14-8-5-11-24-14/h4-5,7-8,10-12H,2-3,6,9H2,1H3,(H,19,20,23). The van der Waals surface area contributed by atoms with Crippen LogP contribution in [0.3, 0.4) is 0 Å². The number of nitrogens with one attached hydrogen (secondary N) is 1. The van der Waals surface area contributed by atoms with E-state index in [9.17, 15) is 4.79 Å². The quantitative estimate of drug-likeness (QED) is 0.793. The van der Waals surface area contributed by atoms with Gasteiger partial charge in [-0.1, -0.05) is 6.07 Å². The molecule has 24 heavy (non-hydrogen) atoms. The fourth-order valence-electron chi connectivity index (χ4n) is 3.20. The number of amides is 1. The zero-order valence-corrected chi connectivity index (χ0v) is 14.3. The second kappa shape index (κ2) is 6.24. The molecule has 1 aliphatic heterocycles. The van der Waals surface area contributed by atoms with Crippen LogP contribution in [0.5, 0.6) is 0 Å². The molecular weight excluding hydrogens is 322 g/mol. The Balaban J connectivity index is 1.65. The topological polar surface area (TPSA) is 62.5 Å². The van der Waals surface area contributed by atoms with E-state index in [-0.39, 0.29) is 5.91 Å². The van der Waals surface area contributed by atoms with Crippen LogP contribution in [0.4, 0.5) is 11.6 Å². The summed E-state index contributed by atoms with van der Waals surface area (Å²) >= 11 is 1.40. The monoisotopic (exact) mass is 341 g/mol. The van der Waals surface area contributed by atoms with Crippen molar-refractivity contribution in [3.05, 3.63) is 40.7 Å². The molecule has 1 saturated heterocycles. The lowest BCUT2D eigenvalue weighted by Gasteiger charge is -2.35. The molecule has 1 N–H and O–H groups in total. The lowest BCUT2D eigenvalue weighted by Crippen LogP contribution is -2.37. The van der Waals surface area contributed by atoms with Crippen molar-refractivity contribution in [1.82, 2.24) is 14.6 Å². The van der Waals surface area contributed by atoms with Crippen LogP contribution in [-0.2, 0) is 0 Å². The van der Waals surface area contributed by atoms with Crippen molar-refractivity contribution in [3.63, 3.8) is 0 Å². The molecule has 0 saturated carbocycles. The summed E-state index contributed by atoms with van der Waals surface area (Å²) in [7, 11) is 0. The second-order valence-corrected chi connectivity index (χ2v) is 7.01. The third kappa shape index (κ3) is 2.75. The molecule has 4 heterocycles. The van der Waals surface area contributed by atoms with E-state index in [2.05, 4.69) is 33.3 Å². The molecule has 1 aliphatic rings. The Hall–Kier alpha value is -2.41. The first kappa shape index (κ1) is 15.1. The summed E-state index contributed by atoms with van der Waals surface area (Å²) in [5, 5.41) is 9.06. The molecule has 4 rings (SSSR count). The number of thiophene rings is 1. The van der Waals surface area contributed by atoms with Crippen LogP contribution in [0.1, 0.15) is 35.9 Å². The maximum atomic E-state index is 12.2. The average Bonchev–Trinajstić information content (AvgIpc) is 3.24. The van der Waals surface area contributed by atoms with Crippen molar-refractivity contribution in [2.24, 2.45) is 0 Å². The Morgan fingerprint density at radius 2 is 2.25 bits per heavy atom. The van der Waals surface area contributed by atoms with Crippen LogP contribution in [-0.4, -0.2) is 33.1 Å². The normalized spacial score (nSPS) is 18.0. The average molecular weight is 341 g/mol. The number of carbonyl (C=O) groups is 1. The van der Waals surface area contributed by atoms with Crippen LogP contribution in [0.25, 0.3) is 5.65 Å². The zero-order valence-electron chi connectivity index (χ0n) is 13.5. The minimum absolute atomic E-state index is 0.172. The van der Waals surface area contributed by atoms with Gasteiger partial charge in [0.25, 0.3) is 5.91 Å². The van der Waals surface area contributed by atoms with Gasteiger partial charge in [-0.3, -0.25) is 10.1 Å². The predicted octanol–water partition coefficient (Wildman–Crippen LogP) is 3.42. The maximum Gasteiger partial charge on any atom is 0.268 e. The Morgan fingerprint density at radius 3 is 3.04 bits per heavy atom. The Bertz CT molecular complexity index is 857. The Morgan fingerprint density at radius 1 is 1.33 bits per heavy atom. The smallest absolute Gasteiger partial charge is 0.268 e. The number of hydrogen-bond donors (Lipinski definition) is 1. The number of nitrogens with zero attached hydrogens (tertiary/aromatic N) is 4. The Labute approximate surface area is 144 Å². The van der Waals surface area contributed by atoms with Crippen molar-refractivity contribution >= 4 is 34.5 Å². The second-order valence-electron chi connectivity index (χ2n) is 6.07. The van der Waals surface area contributed by atoms with E-state index in [0.717, 1.165) is 17.9 Å². The highest BCUT2D eigenvalue weighted by Crippen LogP contribution is 2.28. The fraction of sp³-hybridized carbons (Fsp3) is 0.353. The SMILES string of the molecule is CC1CCCCN1c1cccn2nc(NC(=O)c3cccs3)nc12. The number of hydrogen-bond acceptors (Lipinski definition) is 5. The summed E-state index contributed by atoms with van der Waals surface area (Å²) in [6.45, 7) is 3.28. The van der Waals surface area contributed by atoms with Gasteiger partial charge in [0.15, 0.2) is 5.65 Å². The van der Waals surface area contributed by atoms with Crippen molar-refractivity contribution in [2.75, 3.05) is 16.8 Å². The number of carbonyl (C=O) groups excluding carboxylic acids is 1. The highest BCUT2D eigenvalue weighted by Gasteiger charge is 2.22.